The van der Waals surface area contributed by atoms with Crippen LogP contribution in [0.15, 0.2) is 0 Å². The van der Waals surface area contributed by atoms with E-state index >= 15 is 0 Å². The number of alkyl halides is 1. The monoisotopic (exact) mass is 203 g/mol. The molecule has 0 aromatic carbocycles. The highest BCUT2D eigenvalue weighted by Crippen LogP contribution is 2.36. The molecule has 1 amide bonds. The highest BCUT2D eigenvalue weighted by atomic mass is 35.5. The van der Waals surface area contributed by atoms with E-state index in [0.29, 0.717) is 11.8 Å². The van der Waals surface area contributed by atoms with Gasteiger partial charge in [0.05, 0.1) is 0 Å². The van der Waals surface area contributed by atoms with E-state index in [1.165, 1.54) is 12.8 Å². The zero-order valence-corrected chi connectivity index (χ0v) is 9.10. The maximum absolute atomic E-state index is 11.3. The third kappa shape index (κ3) is 3.55. The van der Waals surface area contributed by atoms with Crippen molar-refractivity contribution >= 4 is 17.5 Å². The van der Waals surface area contributed by atoms with Gasteiger partial charge >= 0.3 is 0 Å². The average molecular weight is 204 g/mol. The molecule has 1 fully saturated rings. The summed E-state index contributed by atoms with van der Waals surface area (Å²) in [5.74, 6) is 1.91. The summed E-state index contributed by atoms with van der Waals surface area (Å²) in [6.07, 6.45) is 2.67. The fourth-order valence-electron chi connectivity index (χ4n) is 1.34. The third-order valence-electron chi connectivity index (χ3n) is 2.70. The van der Waals surface area contributed by atoms with Crippen molar-refractivity contribution in [2.45, 2.75) is 26.7 Å². The summed E-state index contributed by atoms with van der Waals surface area (Å²) < 4.78 is 0. The van der Waals surface area contributed by atoms with Gasteiger partial charge in [-0.05, 0) is 24.7 Å². The summed E-state index contributed by atoms with van der Waals surface area (Å²) in [7, 11) is 0. The number of hydrogen-bond acceptors (Lipinski definition) is 1. The largest absolute Gasteiger partial charge is 0.356 e. The Morgan fingerprint density at radius 2 is 2.15 bits per heavy atom. The topological polar surface area (TPSA) is 29.1 Å². The fraction of sp³-hybridized carbons (Fsp3) is 0.900. The van der Waals surface area contributed by atoms with E-state index in [9.17, 15) is 4.79 Å². The Morgan fingerprint density at radius 1 is 1.54 bits per heavy atom. The number of carbonyl (C=O) groups excluding carboxylic acids is 1. The van der Waals surface area contributed by atoms with Crippen LogP contribution in [0.25, 0.3) is 0 Å². The first kappa shape index (κ1) is 10.8. The van der Waals surface area contributed by atoms with Crippen molar-refractivity contribution in [3.8, 4) is 0 Å². The second kappa shape index (κ2) is 4.85. The van der Waals surface area contributed by atoms with E-state index in [1.54, 1.807) is 0 Å². The normalized spacial score (nSPS) is 20.8. The molecule has 3 heteroatoms. The standard InChI is InChI=1S/C10H18ClNO/c1-7(5-11)10(13)12-6-8(2)9-3-4-9/h7-9H,3-6H2,1-2H3,(H,12,13). The average Bonchev–Trinajstić information content (AvgIpc) is 2.95. The number of carbonyl (C=O) groups is 1. The Bertz CT molecular complexity index is 180. The molecule has 1 aliphatic carbocycles. The number of nitrogens with one attached hydrogen (secondary N) is 1. The van der Waals surface area contributed by atoms with Gasteiger partial charge in [0.15, 0.2) is 0 Å². The second-order valence-electron chi connectivity index (χ2n) is 4.12. The molecule has 0 aromatic heterocycles. The first-order valence-corrected chi connectivity index (χ1v) is 5.52. The molecule has 1 saturated carbocycles. The molecule has 1 aliphatic rings. The van der Waals surface area contributed by atoms with Crippen molar-refractivity contribution in [2.75, 3.05) is 12.4 Å². The van der Waals surface area contributed by atoms with Crippen LogP contribution in [-0.4, -0.2) is 18.3 Å². The molecular weight excluding hydrogens is 186 g/mol. The van der Waals surface area contributed by atoms with E-state index in [4.69, 9.17) is 11.6 Å². The highest BCUT2D eigenvalue weighted by molar-refractivity contribution is 6.19. The quantitative estimate of drug-likeness (QED) is 0.681. The van der Waals surface area contributed by atoms with Crippen LogP contribution in [0.5, 0.6) is 0 Å². The van der Waals surface area contributed by atoms with E-state index in [-0.39, 0.29) is 11.8 Å². The Balaban J connectivity index is 2.13. The van der Waals surface area contributed by atoms with Crippen LogP contribution in [0.2, 0.25) is 0 Å². The van der Waals surface area contributed by atoms with Crippen LogP contribution in [0.1, 0.15) is 26.7 Å². The Kier molecular flexibility index (Phi) is 4.04. The molecule has 0 heterocycles. The second-order valence-corrected chi connectivity index (χ2v) is 4.42. The zero-order valence-electron chi connectivity index (χ0n) is 8.35. The lowest BCUT2D eigenvalue weighted by molar-refractivity contribution is -0.124. The summed E-state index contributed by atoms with van der Waals surface area (Å²) in [6.45, 7) is 4.86. The predicted molar refractivity (Wildman–Crippen MR) is 54.8 cm³/mol. The van der Waals surface area contributed by atoms with Gasteiger partial charge in [0.2, 0.25) is 5.91 Å². The van der Waals surface area contributed by atoms with Gasteiger partial charge in [0, 0.05) is 18.3 Å². The van der Waals surface area contributed by atoms with Gasteiger partial charge in [0.25, 0.3) is 0 Å². The van der Waals surface area contributed by atoms with Gasteiger partial charge in [-0.25, -0.2) is 0 Å². The minimum absolute atomic E-state index is 0.0620. The Labute approximate surface area is 85.0 Å². The molecule has 0 radical (unpaired) electrons. The molecule has 13 heavy (non-hydrogen) atoms. The minimum atomic E-state index is -0.0620. The maximum Gasteiger partial charge on any atom is 0.224 e. The van der Waals surface area contributed by atoms with Crippen molar-refractivity contribution in [2.24, 2.45) is 17.8 Å². The van der Waals surface area contributed by atoms with Gasteiger partial charge in [-0.3, -0.25) is 4.79 Å². The molecule has 2 atom stereocenters. The van der Waals surface area contributed by atoms with Crippen LogP contribution in [0.4, 0.5) is 0 Å². The summed E-state index contributed by atoms with van der Waals surface area (Å²) in [6, 6.07) is 0. The van der Waals surface area contributed by atoms with Gasteiger partial charge in [-0.15, -0.1) is 11.6 Å². The number of hydrogen-bond donors (Lipinski definition) is 1. The van der Waals surface area contributed by atoms with Gasteiger partial charge in [0.1, 0.15) is 0 Å². The molecule has 0 aromatic rings. The lowest BCUT2D eigenvalue weighted by atomic mass is 10.1. The molecule has 0 saturated heterocycles. The molecule has 1 rings (SSSR count). The molecule has 0 spiro atoms. The van der Waals surface area contributed by atoms with Crippen molar-refractivity contribution in [3.05, 3.63) is 0 Å². The number of halogens is 1. The smallest absolute Gasteiger partial charge is 0.224 e. The van der Waals surface area contributed by atoms with Crippen LogP contribution in [-0.2, 0) is 4.79 Å². The van der Waals surface area contributed by atoms with Crippen molar-refractivity contribution in [1.82, 2.24) is 5.32 Å². The van der Waals surface area contributed by atoms with Gasteiger partial charge in [-0.1, -0.05) is 13.8 Å². The molecule has 1 N–H and O–H groups in total. The molecule has 0 bridgehead atoms. The maximum atomic E-state index is 11.3. The molecule has 0 aliphatic heterocycles. The summed E-state index contributed by atoms with van der Waals surface area (Å²) in [4.78, 5) is 11.3. The van der Waals surface area contributed by atoms with Gasteiger partial charge in [-0.2, -0.15) is 0 Å². The van der Waals surface area contributed by atoms with Crippen LogP contribution >= 0.6 is 11.6 Å². The molecule has 2 nitrogen and oxygen atoms in total. The SMILES string of the molecule is CC(CCl)C(=O)NCC(C)C1CC1. The lowest BCUT2D eigenvalue weighted by Crippen LogP contribution is -2.33. The summed E-state index contributed by atoms with van der Waals surface area (Å²) in [5.41, 5.74) is 0. The zero-order chi connectivity index (χ0) is 9.84. The van der Waals surface area contributed by atoms with E-state index in [0.717, 1.165) is 12.5 Å². The van der Waals surface area contributed by atoms with Crippen molar-refractivity contribution in [1.29, 1.82) is 0 Å². The predicted octanol–water partition coefficient (Wildman–Crippen LogP) is 2.02. The van der Waals surface area contributed by atoms with Crippen LogP contribution < -0.4 is 5.32 Å². The van der Waals surface area contributed by atoms with E-state index in [1.807, 2.05) is 6.92 Å². The highest BCUT2D eigenvalue weighted by Gasteiger charge is 2.28. The molecule has 2 unspecified atom stereocenters. The first-order valence-electron chi connectivity index (χ1n) is 4.98. The number of rotatable bonds is 5. The van der Waals surface area contributed by atoms with E-state index < -0.39 is 0 Å². The van der Waals surface area contributed by atoms with E-state index in [2.05, 4.69) is 12.2 Å². The van der Waals surface area contributed by atoms with Crippen LogP contribution in [0, 0.1) is 17.8 Å². The first-order chi connectivity index (χ1) is 6.15. The Hall–Kier alpha value is -0.240. The lowest BCUT2D eigenvalue weighted by Gasteiger charge is -2.13. The minimum Gasteiger partial charge on any atom is -0.356 e. The Morgan fingerprint density at radius 3 is 2.62 bits per heavy atom. The summed E-state index contributed by atoms with van der Waals surface area (Å²) >= 11 is 5.58. The van der Waals surface area contributed by atoms with Gasteiger partial charge < -0.3 is 5.32 Å². The third-order valence-corrected chi connectivity index (χ3v) is 3.17. The van der Waals surface area contributed by atoms with Crippen molar-refractivity contribution < 1.29 is 4.79 Å². The summed E-state index contributed by atoms with van der Waals surface area (Å²) in [5, 5.41) is 2.93. The van der Waals surface area contributed by atoms with Crippen LogP contribution in [0.3, 0.4) is 0 Å². The molecule has 76 valence electrons. The number of amides is 1. The fourth-order valence-corrected chi connectivity index (χ4v) is 1.48. The molecular formula is C10H18ClNO. The van der Waals surface area contributed by atoms with Crippen molar-refractivity contribution in [3.63, 3.8) is 0 Å².